The van der Waals surface area contributed by atoms with Gasteiger partial charge in [-0.05, 0) is 30.7 Å². The van der Waals surface area contributed by atoms with E-state index in [9.17, 15) is 0 Å². The van der Waals surface area contributed by atoms with Crippen molar-refractivity contribution in [3.8, 4) is 0 Å². The molecule has 0 saturated carbocycles. The average molecular weight is 304 g/mol. The Morgan fingerprint density at radius 1 is 1.32 bits per heavy atom. The molecule has 1 aromatic rings. The van der Waals surface area contributed by atoms with Crippen LogP contribution in [0.5, 0.6) is 0 Å². The van der Waals surface area contributed by atoms with Gasteiger partial charge in [0.05, 0.1) is 36.0 Å². The number of rotatable bonds is 5. The summed E-state index contributed by atoms with van der Waals surface area (Å²) < 4.78 is 11.3. The van der Waals surface area contributed by atoms with Gasteiger partial charge in [-0.15, -0.1) is 0 Å². The third-order valence-corrected chi connectivity index (χ3v) is 3.94. The first-order chi connectivity index (χ1) is 9.20. The van der Waals surface area contributed by atoms with Gasteiger partial charge in [0.15, 0.2) is 0 Å². The van der Waals surface area contributed by atoms with Crippen molar-refractivity contribution in [1.29, 1.82) is 0 Å². The maximum absolute atomic E-state index is 6.05. The van der Waals surface area contributed by atoms with Crippen LogP contribution in [0.25, 0.3) is 0 Å². The summed E-state index contributed by atoms with van der Waals surface area (Å²) in [5.74, 6) is 0. The third kappa shape index (κ3) is 4.33. The number of nitrogens with one attached hydrogen (secondary N) is 1. The van der Waals surface area contributed by atoms with Crippen LogP contribution >= 0.6 is 23.2 Å². The van der Waals surface area contributed by atoms with Crippen LogP contribution in [0, 0.1) is 0 Å². The van der Waals surface area contributed by atoms with Crippen molar-refractivity contribution < 1.29 is 9.47 Å². The van der Waals surface area contributed by atoms with Crippen LogP contribution in [-0.2, 0) is 15.9 Å². The summed E-state index contributed by atoms with van der Waals surface area (Å²) in [4.78, 5) is 0. The molecule has 0 aliphatic carbocycles. The van der Waals surface area contributed by atoms with Crippen LogP contribution in [0.2, 0.25) is 10.0 Å². The van der Waals surface area contributed by atoms with E-state index in [1.807, 2.05) is 18.2 Å². The Balaban J connectivity index is 2.04. The lowest BCUT2D eigenvalue weighted by atomic mass is 10.0. The molecule has 2 unspecified atom stereocenters. The Hall–Kier alpha value is -0.320. The van der Waals surface area contributed by atoms with Crippen molar-refractivity contribution in [1.82, 2.24) is 5.32 Å². The summed E-state index contributed by atoms with van der Waals surface area (Å²) in [6, 6.07) is 5.98. The monoisotopic (exact) mass is 303 g/mol. The highest BCUT2D eigenvalue weighted by Gasteiger charge is 2.24. The molecule has 1 N–H and O–H groups in total. The zero-order valence-electron chi connectivity index (χ0n) is 11.0. The van der Waals surface area contributed by atoms with E-state index in [2.05, 4.69) is 12.2 Å². The zero-order valence-corrected chi connectivity index (χ0v) is 12.5. The Morgan fingerprint density at radius 3 is 2.79 bits per heavy atom. The van der Waals surface area contributed by atoms with E-state index in [0.29, 0.717) is 29.9 Å². The fourth-order valence-electron chi connectivity index (χ4n) is 2.26. The molecule has 2 rings (SSSR count). The molecule has 1 saturated heterocycles. The van der Waals surface area contributed by atoms with Gasteiger partial charge in [0.2, 0.25) is 0 Å². The fourth-order valence-corrected chi connectivity index (χ4v) is 2.58. The Kier molecular flexibility index (Phi) is 5.92. The summed E-state index contributed by atoms with van der Waals surface area (Å²) in [5.41, 5.74) is 1.15. The molecular weight excluding hydrogens is 285 g/mol. The van der Waals surface area contributed by atoms with Crippen LogP contribution in [-0.4, -0.2) is 38.5 Å². The first-order valence-corrected chi connectivity index (χ1v) is 7.33. The Labute approximate surface area is 124 Å². The van der Waals surface area contributed by atoms with Gasteiger partial charge in [0.25, 0.3) is 0 Å². The van der Waals surface area contributed by atoms with E-state index in [1.54, 1.807) is 0 Å². The van der Waals surface area contributed by atoms with Crippen molar-refractivity contribution in [2.24, 2.45) is 0 Å². The molecule has 1 heterocycles. The molecule has 0 aromatic heterocycles. The van der Waals surface area contributed by atoms with E-state index in [4.69, 9.17) is 32.7 Å². The molecule has 106 valence electrons. The van der Waals surface area contributed by atoms with Gasteiger partial charge in [-0.3, -0.25) is 0 Å². The number of halogens is 2. The number of hydrogen-bond acceptors (Lipinski definition) is 3. The van der Waals surface area contributed by atoms with Gasteiger partial charge < -0.3 is 14.8 Å². The van der Waals surface area contributed by atoms with Gasteiger partial charge in [0.1, 0.15) is 0 Å². The van der Waals surface area contributed by atoms with Gasteiger partial charge >= 0.3 is 0 Å². The predicted molar refractivity (Wildman–Crippen MR) is 78.2 cm³/mol. The molecule has 0 bridgehead atoms. The first-order valence-electron chi connectivity index (χ1n) is 6.57. The van der Waals surface area contributed by atoms with Crippen LogP contribution < -0.4 is 5.32 Å². The minimum absolute atomic E-state index is 0.0863. The van der Waals surface area contributed by atoms with Crippen molar-refractivity contribution in [3.63, 3.8) is 0 Å². The van der Waals surface area contributed by atoms with E-state index in [-0.39, 0.29) is 12.1 Å². The second-order valence-corrected chi connectivity index (χ2v) is 5.42. The number of likely N-dealkylation sites (N-methyl/N-ethyl adjacent to an activating group) is 1. The lowest BCUT2D eigenvalue weighted by molar-refractivity contribution is -0.101. The first kappa shape index (κ1) is 15.1. The molecule has 0 spiro atoms. The molecule has 1 aliphatic rings. The average Bonchev–Trinajstić information content (AvgIpc) is 2.43. The molecule has 5 heteroatoms. The highest BCUT2D eigenvalue weighted by atomic mass is 35.5. The molecule has 19 heavy (non-hydrogen) atoms. The van der Waals surface area contributed by atoms with Gasteiger partial charge in [-0.2, -0.15) is 0 Å². The molecule has 1 fully saturated rings. The normalized spacial score (nSPS) is 21.3. The molecule has 3 nitrogen and oxygen atoms in total. The standard InChI is InChI=1S/C14H19Cl2NO2/c1-2-17-13(14-9-18-5-6-19-14)8-10-3-4-11(15)12(16)7-10/h3-4,7,13-14,17H,2,5-6,8-9H2,1H3. The minimum atomic E-state index is 0.0863. The summed E-state index contributed by atoms with van der Waals surface area (Å²) in [7, 11) is 0. The van der Waals surface area contributed by atoms with Gasteiger partial charge in [0, 0.05) is 6.04 Å². The van der Waals surface area contributed by atoms with Crippen molar-refractivity contribution in [2.45, 2.75) is 25.5 Å². The number of ether oxygens (including phenoxy) is 2. The molecule has 0 radical (unpaired) electrons. The van der Waals surface area contributed by atoms with Crippen molar-refractivity contribution >= 4 is 23.2 Å². The number of hydrogen-bond donors (Lipinski definition) is 1. The molecule has 0 amide bonds. The van der Waals surface area contributed by atoms with Crippen LogP contribution in [0.15, 0.2) is 18.2 Å². The SMILES string of the molecule is CCNC(Cc1ccc(Cl)c(Cl)c1)C1COCCO1. The topological polar surface area (TPSA) is 30.5 Å². The van der Waals surface area contributed by atoms with Crippen molar-refractivity contribution in [2.75, 3.05) is 26.4 Å². The summed E-state index contributed by atoms with van der Waals surface area (Å²) in [6.07, 6.45) is 0.932. The van der Waals surface area contributed by atoms with Crippen LogP contribution in [0.1, 0.15) is 12.5 Å². The van der Waals surface area contributed by atoms with Crippen molar-refractivity contribution in [3.05, 3.63) is 33.8 Å². The fraction of sp³-hybridized carbons (Fsp3) is 0.571. The Morgan fingerprint density at radius 2 is 2.16 bits per heavy atom. The van der Waals surface area contributed by atoms with Gasteiger partial charge in [-0.1, -0.05) is 36.2 Å². The lowest BCUT2D eigenvalue weighted by Gasteiger charge is -2.31. The predicted octanol–water partition coefficient (Wildman–Crippen LogP) is 2.93. The largest absolute Gasteiger partial charge is 0.376 e. The summed E-state index contributed by atoms with van der Waals surface area (Å²) >= 11 is 12.0. The second kappa shape index (κ2) is 7.46. The molecule has 2 atom stereocenters. The van der Waals surface area contributed by atoms with Crippen LogP contribution in [0.3, 0.4) is 0 Å². The quantitative estimate of drug-likeness (QED) is 0.907. The minimum Gasteiger partial charge on any atom is -0.376 e. The molecule has 1 aromatic carbocycles. The summed E-state index contributed by atoms with van der Waals surface area (Å²) in [5, 5.41) is 4.63. The van der Waals surface area contributed by atoms with E-state index >= 15 is 0 Å². The maximum atomic E-state index is 6.05. The summed E-state index contributed by atoms with van der Waals surface area (Å²) in [6.45, 7) is 4.96. The zero-order chi connectivity index (χ0) is 13.7. The second-order valence-electron chi connectivity index (χ2n) is 4.60. The molecular formula is C14H19Cl2NO2. The van der Waals surface area contributed by atoms with E-state index in [1.165, 1.54) is 0 Å². The highest BCUT2D eigenvalue weighted by Crippen LogP contribution is 2.23. The molecule has 1 aliphatic heterocycles. The Bertz CT molecular complexity index is 408. The maximum Gasteiger partial charge on any atom is 0.0965 e. The number of benzene rings is 1. The van der Waals surface area contributed by atoms with E-state index < -0.39 is 0 Å². The lowest BCUT2D eigenvalue weighted by Crippen LogP contribution is -2.47. The van der Waals surface area contributed by atoms with Crippen LogP contribution in [0.4, 0.5) is 0 Å². The third-order valence-electron chi connectivity index (χ3n) is 3.20. The smallest absolute Gasteiger partial charge is 0.0965 e. The highest BCUT2D eigenvalue weighted by molar-refractivity contribution is 6.42. The van der Waals surface area contributed by atoms with E-state index in [0.717, 1.165) is 18.5 Å². The van der Waals surface area contributed by atoms with Gasteiger partial charge in [-0.25, -0.2) is 0 Å².